The quantitative estimate of drug-likeness (QED) is 0.495. The molecule has 1 aromatic heterocycles. The first-order chi connectivity index (χ1) is 4.86. The van der Waals surface area contributed by atoms with Gasteiger partial charge in [-0.25, -0.2) is 0 Å². The average Bonchev–Trinajstić information content (AvgIpc) is 2.37. The van der Waals surface area contributed by atoms with Crippen molar-refractivity contribution in [1.29, 1.82) is 0 Å². The molecule has 0 unspecified atom stereocenters. The Morgan fingerprint density at radius 1 is 1.50 bits per heavy atom. The maximum atomic E-state index is 5.42. The first-order valence-corrected chi connectivity index (χ1v) is 3.38. The topological polar surface area (TPSA) is 38.9 Å². The molecule has 0 aliphatic heterocycles. The highest BCUT2D eigenvalue weighted by Crippen LogP contribution is 2.02. The fraction of sp³-hybridized carbons (Fsp3) is 0.333. The Morgan fingerprint density at radius 2 is 2.20 bits per heavy atom. The van der Waals surface area contributed by atoms with Crippen molar-refractivity contribution in [3.05, 3.63) is 24.4 Å². The lowest BCUT2D eigenvalue weighted by molar-refractivity contribution is 0.475. The number of alkyl halides is 1. The number of hydrogen-bond donors (Lipinski definition) is 0. The predicted molar refractivity (Wildman–Crippen MR) is 37.8 cm³/mol. The number of hydrogen-bond acceptors (Lipinski definition) is 3. The van der Waals surface area contributed by atoms with Crippen LogP contribution in [0.4, 0.5) is 0 Å². The summed E-state index contributed by atoms with van der Waals surface area (Å²) in [5.41, 5.74) is 0. The Hall–Kier alpha value is -0.830. The first-order valence-electron chi connectivity index (χ1n) is 2.85. The lowest BCUT2D eigenvalue weighted by atomic mass is 10.4. The van der Waals surface area contributed by atoms with Crippen LogP contribution >= 0.6 is 11.6 Å². The molecule has 1 aromatic rings. The maximum Gasteiger partial charge on any atom is 0.231 e. The van der Waals surface area contributed by atoms with E-state index in [1.807, 2.05) is 0 Å². The van der Waals surface area contributed by atoms with Crippen LogP contribution in [0.1, 0.15) is 11.8 Å². The van der Waals surface area contributed by atoms with Gasteiger partial charge in [-0.1, -0.05) is 6.08 Å². The fourth-order valence-corrected chi connectivity index (χ4v) is 0.656. The summed E-state index contributed by atoms with van der Waals surface area (Å²) in [6, 6.07) is 0. The van der Waals surface area contributed by atoms with Gasteiger partial charge >= 0.3 is 0 Å². The van der Waals surface area contributed by atoms with E-state index in [9.17, 15) is 0 Å². The minimum atomic E-state index is 0.268. The molecule has 0 saturated carbocycles. The van der Waals surface area contributed by atoms with Crippen molar-refractivity contribution in [2.45, 2.75) is 12.3 Å². The highest BCUT2D eigenvalue weighted by molar-refractivity contribution is 6.16. The molecule has 54 valence electrons. The van der Waals surface area contributed by atoms with E-state index in [1.165, 1.54) is 0 Å². The van der Waals surface area contributed by atoms with Crippen LogP contribution in [-0.2, 0) is 12.3 Å². The normalized spacial score (nSPS) is 9.70. The molecule has 4 heteroatoms. The van der Waals surface area contributed by atoms with E-state index >= 15 is 0 Å². The lowest BCUT2D eigenvalue weighted by Gasteiger charge is -1.81. The monoisotopic (exact) mass is 158 g/mol. The summed E-state index contributed by atoms with van der Waals surface area (Å²) in [6.45, 7) is 3.53. The highest BCUT2D eigenvalue weighted by atomic mass is 35.5. The van der Waals surface area contributed by atoms with Gasteiger partial charge in [-0.15, -0.1) is 28.4 Å². The smallest absolute Gasteiger partial charge is 0.231 e. The van der Waals surface area contributed by atoms with Crippen molar-refractivity contribution in [3.8, 4) is 0 Å². The van der Waals surface area contributed by atoms with Gasteiger partial charge in [0.2, 0.25) is 11.8 Å². The average molecular weight is 159 g/mol. The molecule has 0 atom stereocenters. The zero-order chi connectivity index (χ0) is 7.40. The van der Waals surface area contributed by atoms with E-state index in [1.54, 1.807) is 6.08 Å². The molecule has 0 aliphatic rings. The Balaban J connectivity index is 2.67. The van der Waals surface area contributed by atoms with Crippen LogP contribution in [0.2, 0.25) is 0 Å². The Kier molecular flexibility index (Phi) is 2.45. The molecule has 0 bridgehead atoms. The summed E-state index contributed by atoms with van der Waals surface area (Å²) in [5.74, 6) is 1.29. The Labute approximate surface area is 63.7 Å². The molecule has 1 heterocycles. The SMILES string of the molecule is C=CCc1nnc(CCl)o1. The van der Waals surface area contributed by atoms with Crippen LogP contribution in [0.15, 0.2) is 17.1 Å². The number of aromatic nitrogens is 2. The van der Waals surface area contributed by atoms with Crippen LogP contribution in [-0.4, -0.2) is 10.2 Å². The second-order valence-electron chi connectivity index (χ2n) is 1.72. The summed E-state index contributed by atoms with van der Waals surface area (Å²) in [6.07, 6.45) is 2.30. The van der Waals surface area contributed by atoms with Crippen molar-refractivity contribution in [2.24, 2.45) is 0 Å². The molecule has 0 aliphatic carbocycles. The van der Waals surface area contributed by atoms with E-state index < -0.39 is 0 Å². The summed E-state index contributed by atoms with van der Waals surface area (Å²) >= 11 is 5.42. The molecule has 10 heavy (non-hydrogen) atoms. The van der Waals surface area contributed by atoms with Crippen LogP contribution in [0.3, 0.4) is 0 Å². The van der Waals surface area contributed by atoms with Crippen molar-refractivity contribution in [1.82, 2.24) is 10.2 Å². The van der Waals surface area contributed by atoms with Crippen molar-refractivity contribution in [3.63, 3.8) is 0 Å². The molecule has 0 fully saturated rings. The summed E-state index contributed by atoms with van der Waals surface area (Å²) in [7, 11) is 0. The fourth-order valence-electron chi connectivity index (χ4n) is 0.548. The Morgan fingerprint density at radius 3 is 2.70 bits per heavy atom. The van der Waals surface area contributed by atoms with Gasteiger partial charge in [0.15, 0.2) is 0 Å². The zero-order valence-electron chi connectivity index (χ0n) is 5.38. The van der Waals surface area contributed by atoms with Crippen molar-refractivity contribution in [2.75, 3.05) is 0 Å². The molecule has 0 amide bonds. The summed E-state index contributed by atoms with van der Waals surface area (Å²) < 4.78 is 5.05. The largest absolute Gasteiger partial charge is 0.424 e. The summed E-state index contributed by atoms with van der Waals surface area (Å²) in [5, 5.41) is 7.36. The van der Waals surface area contributed by atoms with E-state index in [0.717, 1.165) is 0 Å². The molecular weight excluding hydrogens is 152 g/mol. The predicted octanol–water partition coefficient (Wildman–Crippen LogP) is 1.54. The molecule has 0 aromatic carbocycles. The van der Waals surface area contributed by atoms with Gasteiger partial charge in [0.25, 0.3) is 0 Å². The van der Waals surface area contributed by atoms with Gasteiger partial charge in [0.1, 0.15) is 5.88 Å². The molecule has 1 rings (SSSR count). The van der Waals surface area contributed by atoms with Crippen LogP contribution in [0.25, 0.3) is 0 Å². The van der Waals surface area contributed by atoms with Gasteiger partial charge in [-0.05, 0) is 0 Å². The standard InChI is InChI=1S/C6H7ClN2O/c1-2-3-5-8-9-6(4-7)10-5/h2H,1,3-4H2. The molecular formula is C6H7ClN2O. The van der Waals surface area contributed by atoms with Gasteiger partial charge in [-0.2, -0.15) is 0 Å². The number of halogens is 1. The van der Waals surface area contributed by atoms with Gasteiger partial charge in [0.05, 0.1) is 0 Å². The van der Waals surface area contributed by atoms with E-state index in [0.29, 0.717) is 18.2 Å². The first kappa shape index (κ1) is 7.28. The van der Waals surface area contributed by atoms with Crippen LogP contribution in [0.5, 0.6) is 0 Å². The highest BCUT2D eigenvalue weighted by Gasteiger charge is 2.00. The third-order valence-corrected chi connectivity index (χ3v) is 1.17. The van der Waals surface area contributed by atoms with Gasteiger partial charge < -0.3 is 4.42 Å². The number of allylic oxidation sites excluding steroid dienone is 1. The minimum absolute atomic E-state index is 0.268. The Bertz CT molecular complexity index is 221. The number of rotatable bonds is 3. The number of nitrogens with zero attached hydrogens (tertiary/aromatic N) is 2. The van der Waals surface area contributed by atoms with Gasteiger partial charge in [-0.3, -0.25) is 0 Å². The molecule has 0 N–H and O–H groups in total. The van der Waals surface area contributed by atoms with Crippen LogP contribution in [0, 0.1) is 0 Å². The second kappa shape index (κ2) is 3.37. The third kappa shape index (κ3) is 1.57. The van der Waals surface area contributed by atoms with E-state index in [2.05, 4.69) is 16.8 Å². The third-order valence-electron chi connectivity index (χ3n) is 0.942. The van der Waals surface area contributed by atoms with E-state index in [4.69, 9.17) is 16.0 Å². The second-order valence-corrected chi connectivity index (χ2v) is 1.98. The maximum absolute atomic E-state index is 5.42. The van der Waals surface area contributed by atoms with Crippen molar-refractivity contribution < 1.29 is 4.42 Å². The minimum Gasteiger partial charge on any atom is -0.424 e. The zero-order valence-corrected chi connectivity index (χ0v) is 6.14. The van der Waals surface area contributed by atoms with Crippen molar-refractivity contribution >= 4 is 11.6 Å². The summed E-state index contributed by atoms with van der Waals surface area (Å²) in [4.78, 5) is 0. The van der Waals surface area contributed by atoms with Gasteiger partial charge in [0, 0.05) is 6.42 Å². The molecule has 3 nitrogen and oxygen atoms in total. The lowest BCUT2D eigenvalue weighted by Crippen LogP contribution is -1.78. The van der Waals surface area contributed by atoms with E-state index in [-0.39, 0.29) is 5.88 Å². The molecule has 0 saturated heterocycles. The molecule has 0 radical (unpaired) electrons. The molecule has 0 spiro atoms. The van der Waals surface area contributed by atoms with Crippen LogP contribution < -0.4 is 0 Å².